The summed E-state index contributed by atoms with van der Waals surface area (Å²) in [4.78, 5) is 0. The van der Waals surface area contributed by atoms with Crippen molar-refractivity contribution in [3.8, 4) is 5.75 Å². The number of rotatable bonds is 4. The van der Waals surface area contributed by atoms with Gasteiger partial charge in [0.2, 0.25) is 0 Å². The SMILES string of the molecule is CC(C)Cc1ccc(OC2CCCC2C)cc1. The summed E-state index contributed by atoms with van der Waals surface area (Å²) in [6.45, 7) is 6.81. The van der Waals surface area contributed by atoms with Gasteiger partial charge in [0.05, 0.1) is 0 Å². The van der Waals surface area contributed by atoms with Crippen molar-refractivity contribution in [2.45, 2.75) is 52.6 Å². The smallest absolute Gasteiger partial charge is 0.119 e. The lowest BCUT2D eigenvalue weighted by molar-refractivity contribution is 0.167. The molecule has 0 aromatic heterocycles. The second-order valence-electron chi connectivity index (χ2n) is 5.81. The fourth-order valence-electron chi connectivity index (χ4n) is 2.64. The zero-order valence-corrected chi connectivity index (χ0v) is 11.3. The predicted octanol–water partition coefficient (Wildman–Crippen LogP) is 4.45. The average Bonchev–Trinajstić information content (AvgIpc) is 2.67. The van der Waals surface area contributed by atoms with Gasteiger partial charge < -0.3 is 4.74 Å². The van der Waals surface area contributed by atoms with Crippen molar-refractivity contribution in [3.63, 3.8) is 0 Å². The molecule has 1 saturated carbocycles. The molecule has 0 heterocycles. The van der Waals surface area contributed by atoms with Gasteiger partial charge in [-0.2, -0.15) is 0 Å². The van der Waals surface area contributed by atoms with Crippen molar-refractivity contribution >= 4 is 0 Å². The van der Waals surface area contributed by atoms with Crippen LogP contribution in [0.1, 0.15) is 45.6 Å². The van der Waals surface area contributed by atoms with E-state index >= 15 is 0 Å². The third kappa shape index (κ3) is 3.49. The van der Waals surface area contributed by atoms with Crippen LogP contribution >= 0.6 is 0 Å². The molecular weight excluding hydrogens is 208 g/mol. The van der Waals surface area contributed by atoms with Crippen molar-refractivity contribution in [1.82, 2.24) is 0 Å². The van der Waals surface area contributed by atoms with Gasteiger partial charge in [-0.15, -0.1) is 0 Å². The van der Waals surface area contributed by atoms with E-state index in [-0.39, 0.29) is 0 Å². The van der Waals surface area contributed by atoms with Crippen LogP contribution in [0.4, 0.5) is 0 Å². The lowest BCUT2D eigenvalue weighted by Crippen LogP contribution is -2.18. The molecular formula is C16H24O. The Bertz CT molecular complexity index is 339. The number of hydrogen-bond acceptors (Lipinski definition) is 1. The van der Waals surface area contributed by atoms with Crippen LogP contribution in [0.2, 0.25) is 0 Å². The molecule has 1 aromatic carbocycles. The summed E-state index contributed by atoms with van der Waals surface area (Å²) in [6.07, 6.45) is 5.44. The molecule has 0 spiro atoms. The second kappa shape index (κ2) is 5.57. The normalized spacial score (nSPS) is 24.2. The van der Waals surface area contributed by atoms with Crippen LogP contribution in [0.15, 0.2) is 24.3 Å². The Labute approximate surface area is 105 Å². The summed E-state index contributed by atoms with van der Waals surface area (Å²) in [5, 5.41) is 0. The number of benzene rings is 1. The van der Waals surface area contributed by atoms with E-state index in [9.17, 15) is 0 Å². The van der Waals surface area contributed by atoms with Gasteiger partial charge in [-0.05, 0) is 55.2 Å². The van der Waals surface area contributed by atoms with Crippen molar-refractivity contribution in [2.24, 2.45) is 11.8 Å². The van der Waals surface area contributed by atoms with E-state index < -0.39 is 0 Å². The van der Waals surface area contributed by atoms with E-state index in [2.05, 4.69) is 45.0 Å². The summed E-state index contributed by atoms with van der Waals surface area (Å²) in [7, 11) is 0. The Hall–Kier alpha value is -0.980. The fraction of sp³-hybridized carbons (Fsp3) is 0.625. The van der Waals surface area contributed by atoms with Gasteiger partial charge in [0, 0.05) is 0 Å². The van der Waals surface area contributed by atoms with E-state index in [0.29, 0.717) is 12.0 Å². The first-order valence-electron chi connectivity index (χ1n) is 6.90. The third-order valence-electron chi connectivity index (χ3n) is 3.64. The summed E-state index contributed by atoms with van der Waals surface area (Å²) in [6, 6.07) is 8.66. The minimum atomic E-state index is 0.436. The summed E-state index contributed by atoms with van der Waals surface area (Å²) in [5.41, 5.74) is 1.41. The number of hydrogen-bond donors (Lipinski definition) is 0. The van der Waals surface area contributed by atoms with E-state index in [4.69, 9.17) is 4.74 Å². The van der Waals surface area contributed by atoms with Crippen LogP contribution in [0, 0.1) is 11.8 Å². The second-order valence-corrected chi connectivity index (χ2v) is 5.81. The first-order chi connectivity index (χ1) is 8.15. The average molecular weight is 232 g/mol. The van der Waals surface area contributed by atoms with Gasteiger partial charge in [-0.1, -0.05) is 32.9 Å². The van der Waals surface area contributed by atoms with Gasteiger partial charge >= 0.3 is 0 Å². The Morgan fingerprint density at radius 2 is 1.88 bits per heavy atom. The van der Waals surface area contributed by atoms with Crippen molar-refractivity contribution in [2.75, 3.05) is 0 Å². The minimum absolute atomic E-state index is 0.436. The van der Waals surface area contributed by atoms with Crippen LogP contribution in [0.3, 0.4) is 0 Å². The molecule has 0 amide bonds. The molecule has 0 saturated heterocycles. The Morgan fingerprint density at radius 1 is 1.18 bits per heavy atom. The lowest BCUT2D eigenvalue weighted by Gasteiger charge is -2.18. The summed E-state index contributed by atoms with van der Waals surface area (Å²) in [5.74, 6) is 2.47. The van der Waals surface area contributed by atoms with Gasteiger partial charge in [0.15, 0.2) is 0 Å². The fourth-order valence-corrected chi connectivity index (χ4v) is 2.64. The van der Waals surface area contributed by atoms with Crippen molar-refractivity contribution < 1.29 is 4.74 Å². The molecule has 1 heteroatoms. The van der Waals surface area contributed by atoms with Crippen LogP contribution in [-0.4, -0.2) is 6.10 Å². The highest BCUT2D eigenvalue weighted by molar-refractivity contribution is 5.27. The monoisotopic (exact) mass is 232 g/mol. The molecule has 17 heavy (non-hydrogen) atoms. The Morgan fingerprint density at radius 3 is 2.41 bits per heavy atom. The van der Waals surface area contributed by atoms with Crippen LogP contribution < -0.4 is 4.74 Å². The highest BCUT2D eigenvalue weighted by atomic mass is 16.5. The molecule has 2 rings (SSSR count). The maximum Gasteiger partial charge on any atom is 0.119 e. The molecule has 94 valence electrons. The number of ether oxygens (including phenoxy) is 1. The zero-order chi connectivity index (χ0) is 12.3. The topological polar surface area (TPSA) is 9.23 Å². The third-order valence-corrected chi connectivity index (χ3v) is 3.64. The quantitative estimate of drug-likeness (QED) is 0.745. The van der Waals surface area contributed by atoms with Gasteiger partial charge in [-0.3, -0.25) is 0 Å². The molecule has 1 aliphatic carbocycles. The van der Waals surface area contributed by atoms with Crippen molar-refractivity contribution in [1.29, 1.82) is 0 Å². The predicted molar refractivity (Wildman–Crippen MR) is 72.4 cm³/mol. The van der Waals surface area contributed by atoms with Gasteiger partial charge in [0.25, 0.3) is 0 Å². The molecule has 1 aromatic rings. The van der Waals surface area contributed by atoms with Gasteiger partial charge in [0.1, 0.15) is 11.9 Å². The standard InChI is InChI=1S/C16H24O/c1-12(2)11-14-7-9-15(10-8-14)17-16-6-4-5-13(16)3/h7-10,12-13,16H,4-6,11H2,1-3H3. The molecule has 0 bridgehead atoms. The minimum Gasteiger partial charge on any atom is -0.490 e. The highest BCUT2D eigenvalue weighted by Crippen LogP contribution is 2.29. The Kier molecular flexibility index (Phi) is 4.09. The highest BCUT2D eigenvalue weighted by Gasteiger charge is 2.24. The first kappa shape index (κ1) is 12.5. The molecule has 1 nitrogen and oxygen atoms in total. The molecule has 1 fully saturated rings. The van der Waals surface area contributed by atoms with Crippen LogP contribution in [0.25, 0.3) is 0 Å². The van der Waals surface area contributed by atoms with E-state index in [1.165, 1.54) is 24.8 Å². The Balaban J connectivity index is 1.93. The van der Waals surface area contributed by atoms with E-state index in [1.807, 2.05) is 0 Å². The molecule has 0 radical (unpaired) electrons. The maximum atomic E-state index is 6.05. The lowest BCUT2D eigenvalue weighted by atomic mass is 10.0. The molecule has 2 unspecified atom stereocenters. The molecule has 0 aliphatic heterocycles. The molecule has 1 aliphatic rings. The van der Waals surface area contributed by atoms with Crippen LogP contribution in [-0.2, 0) is 6.42 Å². The summed E-state index contributed by atoms with van der Waals surface area (Å²) >= 11 is 0. The molecule has 2 atom stereocenters. The molecule has 0 N–H and O–H groups in total. The van der Waals surface area contributed by atoms with Gasteiger partial charge in [-0.25, -0.2) is 0 Å². The first-order valence-corrected chi connectivity index (χ1v) is 6.90. The van der Waals surface area contributed by atoms with E-state index in [0.717, 1.165) is 18.1 Å². The van der Waals surface area contributed by atoms with E-state index in [1.54, 1.807) is 0 Å². The summed E-state index contributed by atoms with van der Waals surface area (Å²) < 4.78 is 6.05. The zero-order valence-electron chi connectivity index (χ0n) is 11.3. The van der Waals surface area contributed by atoms with Crippen LogP contribution in [0.5, 0.6) is 5.75 Å². The van der Waals surface area contributed by atoms with Crippen molar-refractivity contribution in [3.05, 3.63) is 29.8 Å². The largest absolute Gasteiger partial charge is 0.490 e. The maximum absolute atomic E-state index is 6.05.